The summed E-state index contributed by atoms with van der Waals surface area (Å²) < 4.78 is 8.78. The van der Waals surface area contributed by atoms with E-state index in [9.17, 15) is 0 Å². The Morgan fingerprint density at radius 1 is 0.784 bits per heavy atom. The zero-order chi connectivity index (χ0) is 24.5. The Labute approximate surface area is 217 Å². The molecular weight excluding hydrogens is 472 g/mol. The van der Waals surface area contributed by atoms with Gasteiger partial charge in [-0.3, -0.25) is 0 Å². The van der Waals surface area contributed by atoms with Gasteiger partial charge >= 0.3 is 0 Å². The fraction of sp³-hybridized carbons (Fsp3) is 0.0909. The molecule has 0 N–H and O–H groups in total. The van der Waals surface area contributed by atoms with E-state index in [1.807, 2.05) is 11.3 Å². The predicted octanol–water partition coefficient (Wildman–Crippen LogP) is 9.60. The van der Waals surface area contributed by atoms with Crippen molar-refractivity contribution in [1.29, 1.82) is 0 Å². The van der Waals surface area contributed by atoms with Crippen LogP contribution in [0.25, 0.3) is 70.8 Å². The lowest BCUT2D eigenvalue weighted by molar-refractivity contribution is 0.497. The molecule has 0 bridgehead atoms. The Kier molecular flexibility index (Phi) is 4.43. The van der Waals surface area contributed by atoms with Crippen molar-refractivity contribution < 1.29 is 4.42 Å². The predicted molar refractivity (Wildman–Crippen MR) is 155 cm³/mol. The van der Waals surface area contributed by atoms with Crippen LogP contribution in [0.2, 0.25) is 0 Å². The molecule has 37 heavy (non-hydrogen) atoms. The lowest BCUT2D eigenvalue weighted by Gasteiger charge is -2.10. The van der Waals surface area contributed by atoms with E-state index in [1.54, 1.807) is 0 Å². The molecular formula is C33H22N2OS. The van der Waals surface area contributed by atoms with Crippen LogP contribution in [0.1, 0.15) is 30.6 Å². The molecule has 0 radical (unpaired) electrons. The van der Waals surface area contributed by atoms with Crippen LogP contribution >= 0.6 is 11.3 Å². The zero-order valence-corrected chi connectivity index (χ0v) is 21.0. The van der Waals surface area contributed by atoms with Gasteiger partial charge in [-0.2, -0.15) is 0 Å². The number of furan rings is 1. The Morgan fingerprint density at radius 2 is 1.62 bits per heavy atom. The summed E-state index contributed by atoms with van der Waals surface area (Å²) in [6.45, 7) is 2.19. The van der Waals surface area contributed by atoms with Gasteiger partial charge in [-0.25, -0.2) is 9.97 Å². The Balaban J connectivity index is 1.26. The average Bonchev–Trinajstić information content (AvgIpc) is 3.50. The number of hydrogen-bond acceptors (Lipinski definition) is 4. The summed E-state index contributed by atoms with van der Waals surface area (Å²) in [4.78, 5) is 9.82. The number of nitrogens with zero attached hydrogens (tertiary/aromatic N) is 2. The van der Waals surface area contributed by atoms with Crippen molar-refractivity contribution in [2.75, 3.05) is 0 Å². The van der Waals surface area contributed by atoms with Crippen molar-refractivity contribution in [2.24, 2.45) is 0 Å². The fourth-order valence-corrected chi connectivity index (χ4v) is 6.84. The molecule has 1 aliphatic rings. The molecule has 3 nitrogen and oxygen atoms in total. The summed E-state index contributed by atoms with van der Waals surface area (Å²) >= 11 is 1.87. The standard InChI is InChI=1S/C33H22N2OS/c1-19-7-4-13-26-30-33(36-31(19)26)35-27-16-15-21(18-28(27)34-30)20-8-5-9-22(17-20)23-11-6-12-25-24-10-2-3-14-29(24)37-32(23)25/h2-6,8-19H,7H2,1H3. The van der Waals surface area contributed by atoms with Gasteiger partial charge in [0.15, 0.2) is 0 Å². The first-order valence-corrected chi connectivity index (χ1v) is 13.5. The highest BCUT2D eigenvalue weighted by Gasteiger charge is 2.22. The summed E-state index contributed by atoms with van der Waals surface area (Å²) in [7, 11) is 0. The quantitative estimate of drug-likeness (QED) is 0.240. The first-order valence-electron chi connectivity index (χ1n) is 12.6. The maximum Gasteiger partial charge on any atom is 0.246 e. The van der Waals surface area contributed by atoms with E-state index in [0.717, 1.165) is 39.9 Å². The van der Waals surface area contributed by atoms with E-state index >= 15 is 0 Å². The fourth-order valence-electron chi connectivity index (χ4n) is 5.61. The second kappa shape index (κ2) is 7.86. The molecule has 4 heteroatoms. The van der Waals surface area contributed by atoms with Gasteiger partial charge in [0.25, 0.3) is 0 Å². The average molecular weight is 495 g/mol. The second-order valence-electron chi connectivity index (χ2n) is 9.86. The van der Waals surface area contributed by atoms with Crippen LogP contribution in [0.4, 0.5) is 0 Å². The SMILES string of the molecule is CC1CC=Cc2c1oc1nc3ccc(-c4cccc(-c5cccc6c5sc5ccccc56)c4)cc3nc21. The highest BCUT2D eigenvalue weighted by atomic mass is 32.1. The van der Waals surface area contributed by atoms with Crippen molar-refractivity contribution in [3.8, 4) is 22.3 Å². The van der Waals surface area contributed by atoms with Gasteiger partial charge in [0, 0.05) is 31.7 Å². The van der Waals surface area contributed by atoms with Crippen LogP contribution in [0.3, 0.4) is 0 Å². The van der Waals surface area contributed by atoms with E-state index in [2.05, 4.69) is 104 Å². The van der Waals surface area contributed by atoms with Gasteiger partial charge in [-0.05, 0) is 52.9 Å². The van der Waals surface area contributed by atoms with Crippen LogP contribution in [0, 0.1) is 0 Å². The van der Waals surface area contributed by atoms with Crippen LogP contribution in [0.5, 0.6) is 0 Å². The third kappa shape index (κ3) is 3.19. The van der Waals surface area contributed by atoms with Gasteiger partial charge < -0.3 is 4.42 Å². The molecule has 0 spiro atoms. The number of aromatic nitrogens is 2. The summed E-state index contributed by atoms with van der Waals surface area (Å²) in [6.07, 6.45) is 5.32. The van der Waals surface area contributed by atoms with Gasteiger partial charge in [-0.1, -0.05) is 79.7 Å². The molecule has 3 heterocycles. The van der Waals surface area contributed by atoms with Gasteiger partial charge in [0.2, 0.25) is 5.71 Å². The monoisotopic (exact) mass is 494 g/mol. The molecule has 3 aromatic heterocycles. The van der Waals surface area contributed by atoms with Crippen LogP contribution in [0.15, 0.2) is 95.4 Å². The molecule has 0 fully saturated rings. The molecule has 7 aromatic rings. The number of allylic oxidation sites excluding steroid dienone is 1. The van der Waals surface area contributed by atoms with E-state index in [-0.39, 0.29) is 0 Å². The Hall–Kier alpha value is -4.28. The molecule has 8 rings (SSSR count). The minimum atomic E-state index is 0.350. The lowest BCUT2D eigenvalue weighted by atomic mass is 9.95. The second-order valence-corrected chi connectivity index (χ2v) is 10.9. The zero-order valence-electron chi connectivity index (χ0n) is 20.2. The minimum Gasteiger partial charge on any atom is -0.441 e. The van der Waals surface area contributed by atoms with E-state index in [0.29, 0.717) is 11.6 Å². The van der Waals surface area contributed by atoms with E-state index < -0.39 is 0 Å². The summed E-state index contributed by atoms with van der Waals surface area (Å²) in [5.74, 6) is 1.35. The smallest absolute Gasteiger partial charge is 0.246 e. The minimum absolute atomic E-state index is 0.350. The van der Waals surface area contributed by atoms with E-state index in [4.69, 9.17) is 14.4 Å². The first kappa shape index (κ1) is 20.9. The van der Waals surface area contributed by atoms with Crippen molar-refractivity contribution in [3.05, 3.63) is 102 Å². The summed E-state index contributed by atoms with van der Waals surface area (Å²) in [6, 6.07) is 30.4. The summed E-state index contributed by atoms with van der Waals surface area (Å²) in [5, 5.41) is 2.64. The van der Waals surface area contributed by atoms with Gasteiger partial charge in [0.1, 0.15) is 11.3 Å². The van der Waals surface area contributed by atoms with E-state index in [1.165, 1.54) is 36.9 Å². The van der Waals surface area contributed by atoms with Crippen molar-refractivity contribution >= 4 is 59.8 Å². The number of benzene rings is 4. The van der Waals surface area contributed by atoms with Crippen molar-refractivity contribution in [2.45, 2.75) is 19.3 Å². The number of thiophene rings is 1. The molecule has 1 unspecified atom stereocenters. The Bertz CT molecular complexity index is 2050. The third-order valence-corrected chi connectivity index (χ3v) is 8.71. The highest BCUT2D eigenvalue weighted by molar-refractivity contribution is 7.26. The molecule has 4 aromatic carbocycles. The molecule has 0 saturated carbocycles. The van der Waals surface area contributed by atoms with Gasteiger partial charge in [0.05, 0.1) is 11.0 Å². The van der Waals surface area contributed by atoms with Crippen molar-refractivity contribution in [3.63, 3.8) is 0 Å². The van der Waals surface area contributed by atoms with Crippen LogP contribution in [-0.2, 0) is 0 Å². The molecule has 176 valence electrons. The number of hydrogen-bond donors (Lipinski definition) is 0. The first-order chi connectivity index (χ1) is 18.2. The van der Waals surface area contributed by atoms with Crippen molar-refractivity contribution in [1.82, 2.24) is 9.97 Å². The van der Waals surface area contributed by atoms with Crippen LogP contribution < -0.4 is 0 Å². The molecule has 0 saturated heterocycles. The molecule has 1 aliphatic carbocycles. The van der Waals surface area contributed by atoms with Gasteiger partial charge in [-0.15, -0.1) is 11.3 Å². The maximum atomic E-state index is 6.12. The maximum absolute atomic E-state index is 6.12. The lowest BCUT2D eigenvalue weighted by Crippen LogP contribution is -1.96. The molecule has 1 atom stereocenters. The van der Waals surface area contributed by atoms with Crippen LogP contribution in [-0.4, -0.2) is 9.97 Å². The largest absolute Gasteiger partial charge is 0.441 e. The molecule has 0 aliphatic heterocycles. The normalized spacial score (nSPS) is 15.2. The Morgan fingerprint density at radius 3 is 2.59 bits per heavy atom. The highest BCUT2D eigenvalue weighted by Crippen LogP contribution is 2.41. The number of rotatable bonds is 2. The topological polar surface area (TPSA) is 38.9 Å². The third-order valence-electron chi connectivity index (χ3n) is 7.49. The molecule has 0 amide bonds. The number of fused-ring (bicyclic) bond motifs is 7. The summed E-state index contributed by atoms with van der Waals surface area (Å²) in [5.41, 5.74) is 9.09.